The summed E-state index contributed by atoms with van der Waals surface area (Å²) in [5.41, 5.74) is -0.372. The molecule has 1 saturated heterocycles. The van der Waals surface area contributed by atoms with Crippen molar-refractivity contribution in [1.82, 2.24) is 4.90 Å². The van der Waals surface area contributed by atoms with Crippen LogP contribution in [0.4, 0.5) is 4.79 Å². The first kappa shape index (κ1) is 11.5. The summed E-state index contributed by atoms with van der Waals surface area (Å²) in [4.78, 5) is 13.8. The minimum Gasteiger partial charge on any atom is -0.444 e. The van der Waals surface area contributed by atoms with E-state index in [9.17, 15) is 4.79 Å². The smallest absolute Gasteiger partial charge is 0.410 e. The van der Waals surface area contributed by atoms with Gasteiger partial charge >= 0.3 is 6.09 Å². The van der Waals surface area contributed by atoms with E-state index in [1.165, 1.54) is 6.42 Å². The number of likely N-dealkylation sites (tertiary alicyclic amines) is 1. The number of hydrogen-bond acceptors (Lipinski definition) is 2. The number of carbonyl (C=O) groups is 1. The summed E-state index contributed by atoms with van der Waals surface area (Å²) in [6.45, 7) is 6.65. The van der Waals surface area contributed by atoms with Crippen LogP contribution in [0.5, 0.6) is 0 Å². The molecule has 0 unspecified atom stereocenters. The Balaban J connectivity index is 1.94. The molecule has 15 heavy (non-hydrogen) atoms. The molecule has 1 heterocycles. The van der Waals surface area contributed by atoms with Gasteiger partial charge in [-0.3, -0.25) is 0 Å². The van der Waals surface area contributed by atoms with Gasteiger partial charge in [-0.15, -0.1) is 0 Å². The Morgan fingerprint density at radius 2 is 2.07 bits per heavy atom. The fourth-order valence-electron chi connectivity index (χ4n) is 2.43. The minimum atomic E-state index is -0.372. The Hall–Kier alpha value is 0. The van der Waals surface area contributed by atoms with E-state index in [0.717, 1.165) is 16.9 Å². The van der Waals surface area contributed by atoms with E-state index in [1.54, 1.807) is 0 Å². The standard InChI is InChI=1S/C11H18INO2/c1-11(2,3)15-10(14)13-6-7-4-8(13)5-9(7)12/h7-9H,4-6H2,1-3H3/t7-,8-,9-/m0/s1. The summed E-state index contributed by atoms with van der Waals surface area (Å²) in [6, 6.07) is 0.437. The number of ether oxygens (including phenoxy) is 1. The molecule has 2 aliphatic rings. The number of halogens is 1. The predicted octanol–water partition coefficient (Wildman–Crippen LogP) is 2.82. The van der Waals surface area contributed by atoms with Gasteiger partial charge in [0.2, 0.25) is 0 Å². The van der Waals surface area contributed by atoms with Crippen LogP contribution in [-0.2, 0) is 4.74 Å². The van der Waals surface area contributed by atoms with Gasteiger partial charge in [-0.25, -0.2) is 4.79 Å². The summed E-state index contributed by atoms with van der Waals surface area (Å²) in [5.74, 6) is 0.697. The van der Waals surface area contributed by atoms with E-state index in [1.807, 2.05) is 25.7 Å². The summed E-state index contributed by atoms with van der Waals surface area (Å²) in [5, 5.41) is 0. The van der Waals surface area contributed by atoms with Crippen LogP contribution < -0.4 is 0 Å². The maximum absolute atomic E-state index is 11.9. The van der Waals surface area contributed by atoms with Gasteiger partial charge in [0, 0.05) is 16.5 Å². The average Bonchev–Trinajstić information content (AvgIpc) is 2.58. The van der Waals surface area contributed by atoms with Crippen LogP contribution in [0.1, 0.15) is 33.6 Å². The topological polar surface area (TPSA) is 29.5 Å². The number of carbonyl (C=O) groups excluding carboxylic acids is 1. The molecule has 2 rings (SSSR count). The van der Waals surface area contributed by atoms with E-state index < -0.39 is 0 Å². The molecule has 0 N–H and O–H groups in total. The zero-order valence-electron chi connectivity index (χ0n) is 9.50. The Bertz CT molecular complexity index is 272. The monoisotopic (exact) mass is 323 g/mol. The molecule has 3 atom stereocenters. The van der Waals surface area contributed by atoms with Crippen molar-refractivity contribution in [2.45, 2.75) is 49.2 Å². The maximum atomic E-state index is 11.9. The lowest BCUT2D eigenvalue weighted by molar-refractivity contribution is 0.0196. The Morgan fingerprint density at radius 3 is 2.47 bits per heavy atom. The van der Waals surface area contributed by atoms with Crippen molar-refractivity contribution in [3.05, 3.63) is 0 Å². The van der Waals surface area contributed by atoms with E-state index in [4.69, 9.17) is 4.74 Å². The molecule has 2 bridgehead atoms. The second kappa shape index (κ2) is 3.79. The highest BCUT2D eigenvalue weighted by Crippen LogP contribution is 2.42. The van der Waals surface area contributed by atoms with E-state index in [-0.39, 0.29) is 11.7 Å². The van der Waals surface area contributed by atoms with Crippen molar-refractivity contribution >= 4 is 28.7 Å². The molecule has 1 aliphatic heterocycles. The van der Waals surface area contributed by atoms with Gasteiger partial charge in [-0.2, -0.15) is 0 Å². The molecule has 2 fully saturated rings. The summed E-state index contributed by atoms with van der Waals surface area (Å²) < 4.78 is 6.15. The van der Waals surface area contributed by atoms with Crippen molar-refractivity contribution < 1.29 is 9.53 Å². The van der Waals surface area contributed by atoms with Crippen LogP contribution in [0.2, 0.25) is 0 Å². The van der Waals surface area contributed by atoms with Crippen molar-refractivity contribution in [3.63, 3.8) is 0 Å². The minimum absolute atomic E-state index is 0.127. The highest BCUT2D eigenvalue weighted by atomic mass is 127. The van der Waals surface area contributed by atoms with Crippen LogP contribution in [0, 0.1) is 5.92 Å². The summed E-state index contributed by atoms with van der Waals surface area (Å²) in [7, 11) is 0. The number of fused-ring (bicyclic) bond motifs is 2. The molecule has 0 aromatic heterocycles. The first-order valence-electron chi connectivity index (χ1n) is 5.50. The molecule has 0 radical (unpaired) electrons. The van der Waals surface area contributed by atoms with Crippen LogP contribution in [-0.4, -0.2) is 33.1 Å². The van der Waals surface area contributed by atoms with Crippen LogP contribution in [0.25, 0.3) is 0 Å². The summed E-state index contributed by atoms with van der Waals surface area (Å²) >= 11 is 2.51. The molecule has 4 heteroatoms. The molecular weight excluding hydrogens is 305 g/mol. The van der Waals surface area contributed by atoms with E-state index >= 15 is 0 Å². The molecule has 1 aliphatic carbocycles. The van der Waals surface area contributed by atoms with Gasteiger partial charge in [0.15, 0.2) is 0 Å². The number of piperidine rings is 1. The van der Waals surface area contributed by atoms with Crippen LogP contribution in [0.3, 0.4) is 0 Å². The van der Waals surface area contributed by atoms with Crippen molar-refractivity contribution in [3.8, 4) is 0 Å². The van der Waals surface area contributed by atoms with Gasteiger partial charge in [-0.05, 0) is 39.5 Å². The first-order valence-corrected chi connectivity index (χ1v) is 6.75. The predicted molar refractivity (Wildman–Crippen MR) is 67.3 cm³/mol. The summed E-state index contributed by atoms with van der Waals surface area (Å²) in [6.07, 6.45) is 2.19. The first-order chi connectivity index (χ1) is 6.87. The van der Waals surface area contributed by atoms with Crippen molar-refractivity contribution in [1.29, 1.82) is 0 Å². The number of amides is 1. The van der Waals surface area contributed by atoms with Crippen molar-refractivity contribution in [2.24, 2.45) is 5.92 Å². The van der Waals surface area contributed by atoms with Crippen LogP contribution in [0.15, 0.2) is 0 Å². The van der Waals surface area contributed by atoms with Gasteiger partial charge in [0.1, 0.15) is 5.60 Å². The zero-order chi connectivity index (χ0) is 11.2. The van der Waals surface area contributed by atoms with E-state index in [0.29, 0.717) is 12.0 Å². The third-order valence-electron chi connectivity index (χ3n) is 3.08. The molecule has 86 valence electrons. The van der Waals surface area contributed by atoms with Gasteiger partial charge < -0.3 is 9.64 Å². The fraction of sp³-hybridized carbons (Fsp3) is 0.909. The maximum Gasteiger partial charge on any atom is 0.410 e. The molecule has 3 nitrogen and oxygen atoms in total. The number of nitrogens with zero attached hydrogens (tertiary/aromatic N) is 1. The van der Waals surface area contributed by atoms with Gasteiger partial charge in [-0.1, -0.05) is 22.6 Å². The molecule has 0 aromatic rings. The number of hydrogen-bond donors (Lipinski definition) is 0. The third-order valence-corrected chi connectivity index (χ3v) is 4.61. The SMILES string of the molecule is CC(C)(C)OC(=O)N1C[C@@H]2C[C@H]1C[C@@H]2I. The highest BCUT2D eigenvalue weighted by Gasteiger charge is 2.46. The largest absolute Gasteiger partial charge is 0.444 e. The molecule has 1 amide bonds. The number of rotatable bonds is 0. The second-order valence-electron chi connectivity index (χ2n) is 5.53. The zero-order valence-corrected chi connectivity index (χ0v) is 11.7. The molecule has 0 aromatic carbocycles. The quantitative estimate of drug-likeness (QED) is 0.507. The normalized spacial score (nSPS) is 34.7. The lowest BCUT2D eigenvalue weighted by Crippen LogP contribution is -2.43. The fourth-order valence-corrected chi connectivity index (χ4v) is 3.54. The second-order valence-corrected chi connectivity index (χ2v) is 7.13. The molecule has 1 saturated carbocycles. The molecule has 0 spiro atoms. The molecular formula is C11H18INO2. The average molecular weight is 323 g/mol. The van der Waals surface area contributed by atoms with E-state index in [2.05, 4.69) is 22.6 Å². The third kappa shape index (κ3) is 2.40. The highest BCUT2D eigenvalue weighted by molar-refractivity contribution is 14.1. The Kier molecular flexibility index (Phi) is 2.90. The van der Waals surface area contributed by atoms with Crippen molar-refractivity contribution in [2.75, 3.05) is 6.54 Å². The van der Waals surface area contributed by atoms with Gasteiger partial charge in [0.05, 0.1) is 0 Å². The Labute approximate surface area is 105 Å². The van der Waals surface area contributed by atoms with Gasteiger partial charge in [0.25, 0.3) is 0 Å². The Morgan fingerprint density at radius 1 is 1.40 bits per heavy atom. The lowest BCUT2D eigenvalue weighted by atomic mass is 10.1. The van der Waals surface area contributed by atoms with Crippen LogP contribution >= 0.6 is 22.6 Å². The lowest BCUT2D eigenvalue weighted by Gasteiger charge is -2.31. The number of alkyl halides is 1.